The van der Waals surface area contributed by atoms with Crippen molar-refractivity contribution in [3.8, 4) is 5.75 Å². The number of rotatable bonds is 6. The molecule has 0 aromatic heterocycles. The summed E-state index contributed by atoms with van der Waals surface area (Å²) in [5.41, 5.74) is 2.33. The molecular formula is C23H22O3. The Morgan fingerprint density at radius 2 is 1.38 bits per heavy atom. The van der Waals surface area contributed by atoms with Gasteiger partial charge < -0.3 is 9.84 Å². The summed E-state index contributed by atoms with van der Waals surface area (Å²) in [6.07, 6.45) is 0.270. The molecule has 0 amide bonds. The molecule has 2 atom stereocenters. The Kier molecular flexibility index (Phi) is 5.69. The first-order chi connectivity index (χ1) is 12.6. The van der Waals surface area contributed by atoms with E-state index in [0.29, 0.717) is 6.42 Å². The minimum absolute atomic E-state index is 0.0691. The zero-order valence-electron chi connectivity index (χ0n) is 14.7. The minimum Gasteiger partial charge on any atom is -0.507 e. The van der Waals surface area contributed by atoms with Crippen LogP contribution in [0, 0.1) is 0 Å². The molecule has 0 bridgehead atoms. The molecular weight excluding hydrogens is 324 g/mol. The predicted octanol–water partition coefficient (Wildman–Crippen LogP) is 5.48. The van der Waals surface area contributed by atoms with Crippen molar-refractivity contribution in [2.24, 2.45) is 0 Å². The SMILES string of the molecule is CC(CC(OC(=O)c1ccccc1O)c1ccccc1)c1ccccc1. The molecule has 3 rings (SSSR count). The summed E-state index contributed by atoms with van der Waals surface area (Å²) in [7, 11) is 0. The van der Waals surface area contributed by atoms with Crippen LogP contribution < -0.4 is 0 Å². The lowest BCUT2D eigenvalue weighted by atomic mass is 9.92. The Hall–Kier alpha value is -3.07. The first-order valence-electron chi connectivity index (χ1n) is 8.74. The molecule has 0 fully saturated rings. The van der Waals surface area contributed by atoms with Crippen molar-refractivity contribution >= 4 is 5.97 Å². The zero-order valence-corrected chi connectivity index (χ0v) is 14.7. The number of ether oxygens (including phenoxy) is 1. The number of carbonyl (C=O) groups excluding carboxylic acids is 1. The summed E-state index contributed by atoms with van der Waals surface area (Å²) >= 11 is 0. The van der Waals surface area contributed by atoms with Gasteiger partial charge in [-0.25, -0.2) is 4.79 Å². The number of phenols is 1. The quantitative estimate of drug-likeness (QED) is 0.601. The van der Waals surface area contributed by atoms with Crippen LogP contribution in [0.1, 0.15) is 46.9 Å². The Morgan fingerprint density at radius 3 is 2.00 bits per heavy atom. The Balaban J connectivity index is 1.82. The maximum Gasteiger partial charge on any atom is 0.342 e. The number of aromatic hydroxyl groups is 1. The van der Waals surface area contributed by atoms with Crippen LogP contribution in [0.2, 0.25) is 0 Å². The first kappa shape index (κ1) is 17.7. The van der Waals surface area contributed by atoms with E-state index >= 15 is 0 Å². The van der Waals surface area contributed by atoms with E-state index in [-0.39, 0.29) is 17.2 Å². The summed E-state index contributed by atoms with van der Waals surface area (Å²) in [5.74, 6) is -0.365. The smallest absolute Gasteiger partial charge is 0.342 e. The number of para-hydroxylation sites is 1. The van der Waals surface area contributed by atoms with E-state index in [1.54, 1.807) is 18.2 Å². The second-order valence-corrected chi connectivity index (χ2v) is 6.37. The number of benzene rings is 3. The van der Waals surface area contributed by atoms with Crippen molar-refractivity contribution in [3.63, 3.8) is 0 Å². The number of esters is 1. The third kappa shape index (κ3) is 4.31. The Labute approximate surface area is 153 Å². The van der Waals surface area contributed by atoms with E-state index in [9.17, 15) is 9.90 Å². The van der Waals surface area contributed by atoms with Crippen molar-refractivity contribution < 1.29 is 14.6 Å². The molecule has 0 radical (unpaired) electrons. The van der Waals surface area contributed by atoms with Gasteiger partial charge in [-0.15, -0.1) is 0 Å². The van der Waals surface area contributed by atoms with Crippen LogP contribution in [0.5, 0.6) is 5.75 Å². The van der Waals surface area contributed by atoms with Gasteiger partial charge >= 0.3 is 5.97 Å². The van der Waals surface area contributed by atoms with Crippen molar-refractivity contribution in [1.29, 1.82) is 0 Å². The fourth-order valence-electron chi connectivity index (χ4n) is 3.00. The van der Waals surface area contributed by atoms with Crippen LogP contribution in [0.25, 0.3) is 0 Å². The maximum atomic E-state index is 12.6. The van der Waals surface area contributed by atoms with Crippen molar-refractivity contribution in [1.82, 2.24) is 0 Å². The molecule has 0 heterocycles. The van der Waals surface area contributed by atoms with Crippen molar-refractivity contribution in [3.05, 3.63) is 102 Å². The van der Waals surface area contributed by atoms with Gasteiger partial charge in [0.1, 0.15) is 17.4 Å². The molecule has 26 heavy (non-hydrogen) atoms. The molecule has 132 valence electrons. The number of hydrogen-bond donors (Lipinski definition) is 1. The number of phenolic OH excluding ortho intramolecular Hbond substituents is 1. The van der Waals surface area contributed by atoms with E-state index < -0.39 is 12.1 Å². The van der Waals surface area contributed by atoms with Crippen LogP contribution in [-0.2, 0) is 4.74 Å². The second-order valence-electron chi connectivity index (χ2n) is 6.37. The average molecular weight is 346 g/mol. The van der Waals surface area contributed by atoms with Crippen LogP contribution in [0.3, 0.4) is 0 Å². The summed E-state index contributed by atoms with van der Waals surface area (Å²) < 4.78 is 5.80. The summed E-state index contributed by atoms with van der Waals surface area (Å²) in [5, 5.41) is 9.92. The highest BCUT2D eigenvalue weighted by Gasteiger charge is 2.22. The molecule has 0 saturated heterocycles. The normalized spacial score (nSPS) is 13.0. The molecule has 3 aromatic carbocycles. The van der Waals surface area contributed by atoms with Crippen molar-refractivity contribution in [2.45, 2.75) is 25.4 Å². The standard InChI is InChI=1S/C23H22O3/c1-17(18-10-4-2-5-11-18)16-22(19-12-6-3-7-13-19)26-23(25)20-14-8-9-15-21(20)24/h2-15,17,22,24H,16H2,1H3. The molecule has 3 aromatic rings. The topological polar surface area (TPSA) is 46.5 Å². The van der Waals surface area contributed by atoms with E-state index in [2.05, 4.69) is 19.1 Å². The van der Waals surface area contributed by atoms with Crippen LogP contribution in [0.4, 0.5) is 0 Å². The first-order valence-corrected chi connectivity index (χ1v) is 8.74. The van der Waals surface area contributed by atoms with Gasteiger partial charge in [-0.1, -0.05) is 79.7 Å². The molecule has 0 spiro atoms. The van der Waals surface area contributed by atoms with Gasteiger partial charge in [-0.3, -0.25) is 0 Å². The van der Waals surface area contributed by atoms with Gasteiger partial charge in [0.15, 0.2) is 0 Å². The lowest BCUT2D eigenvalue weighted by Gasteiger charge is -2.22. The zero-order chi connectivity index (χ0) is 18.4. The Morgan fingerprint density at radius 1 is 0.846 bits per heavy atom. The maximum absolute atomic E-state index is 12.6. The molecule has 1 N–H and O–H groups in total. The highest BCUT2D eigenvalue weighted by atomic mass is 16.5. The highest BCUT2D eigenvalue weighted by Crippen LogP contribution is 2.32. The van der Waals surface area contributed by atoms with Gasteiger partial charge in [0.2, 0.25) is 0 Å². The van der Waals surface area contributed by atoms with Gasteiger partial charge in [0, 0.05) is 0 Å². The molecule has 0 aliphatic carbocycles. The molecule has 0 saturated carbocycles. The molecule has 3 nitrogen and oxygen atoms in total. The predicted molar refractivity (Wildman–Crippen MR) is 102 cm³/mol. The van der Waals surface area contributed by atoms with E-state index in [1.165, 1.54) is 11.6 Å². The van der Waals surface area contributed by atoms with Crippen LogP contribution >= 0.6 is 0 Å². The third-order valence-corrected chi connectivity index (χ3v) is 4.48. The summed E-state index contributed by atoms with van der Waals surface area (Å²) in [4.78, 5) is 12.6. The van der Waals surface area contributed by atoms with Crippen LogP contribution in [0.15, 0.2) is 84.9 Å². The fraction of sp³-hybridized carbons (Fsp3) is 0.174. The molecule has 3 heteroatoms. The van der Waals surface area contributed by atoms with E-state index in [4.69, 9.17) is 4.74 Å². The lowest BCUT2D eigenvalue weighted by Crippen LogP contribution is -2.14. The Bertz CT molecular complexity index is 844. The second kappa shape index (κ2) is 8.34. The van der Waals surface area contributed by atoms with Gasteiger partial charge in [0.05, 0.1) is 0 Å². The lowest BCUT2D eigenvalue weighted by molar-refractivity contribution is 0.0260. The third-order valence-electron chi connectivity index (χ3n) is 4.48. The van der Waals surface area contributed by atoms with E-state index in [1.807, 2.05) is 48.5 Å². The van der Waals surface area contributed by atoms with Gasteiger partial charge in [0.25, 0.3) is 0 Å². The van der Waals surface area contributed by atoms with Crippen LogP contribution in [-0.4, -0.2) is 11.1 Å². The van der Waals surface area contributed by atoms with Gasteiger partial charge in [-0.05, 0) is 35.6 Å². The van der Waals surface area contributed by atoms with Crippen molar-refractivity contribution in [2.75, 3.05) is 0 Å². The largest absolute Gasteiger partial charge is 0.507 e. The molecule has 2 unspecified atom stereocenters. The molecule has 0 aliphatic rings. The fourth-order valence-corrected chi connectivity index (χ4v) is 3.00. The number of hydrogen-bond acceptors (Lipinski definition) is 3. The summed E-state index contributed by atoms with van der Waals surface area (Å²) in [6.45, 7) is 2.12. The molecule has 0 aliphatic heterocycles. The van der Waals surface area contributed by atoms with Gasteiger partial charge in [-0.2, -0.15) is 0 Å². The summed E-state index contributed by atoms with van der Waals surface area (Å²) in [6, 6.07) is 26.3. The average Bonchev–Trinajstić information content (AvgIpc) is 2.69. The minimum atomic E-state index is -0.516. The highest BCUT2D eigenvalue weighted by molar-refractivity contribution is 5.92. The number of carbonyl (C=O) groups is 1. The van der Waals surface area contributed by atoms with E-state index in [0.717, 1.165) is 5.56 Å². The monoisotopic (exact) mass is 346 g/mol.